The number of amides is 1. The third-order valence-corrected chi connectivity index (χ3v) is 5.58. The average molecular weight is 539 g/mol. The third-order valence-electron chi connectivity index (χ3n) is 3.61. The number of carbonyl (C=O) groups excluding carboxylic acids is 1. The molecule has 0 radical (unpaired) electrons. The van der Waals surface area contributed by atoms with Gasteiger partial charge in [-0.3, -0.25) is 9.36 Å². The molecule has 0 fully saturated rings. The smallest absolute Gasteiger partial charge is 0.236 e. The maximum absolute atomic E-state index is 12.2. The highest BCUT2D eigenvalue weighted by Crippen LogP contribution is 2.20. The molecule has 0 saturated heterocycles. The van der Waals surface area contributed by atoms with Crippen molar-refractivity contribution in [3.63, 3.8) is 0 Å². The molecule has 150 valence electrons. The monoisotopic (exact) mass is 537 g/mol. The van der Waals surface area contributed by atoms with Gasteiger partial charge in [0.1, 0.15) is 18.2 Å². The first-order valence-electron chi connectivity index (χ1n) is 8.50. The van der Waals surface area contributed by atoms with Crippen LogP contribution in [0.3, 0.4) is 0 Å². The molecule has 2 heterocycles. The summed E-state index contributed by atoms with van der Waals surface area (Å²) in [5.41, 5.74) is 0. The lowest BCUT2D eigenvalue weighted by Gasteiger charge is -2.09. The third kappa shape index (κ3) is 6.41. The van der Waals surface area contributed by atoms with E-state index >= 15 is 0 Å². The molecule has 2 aromatic heterocycles. The molecule has 29 heavy (non-hydrogen) atoms. The predicted octanol–water partition coefficient (Wildman–Crippen LogP) is 4.69. The number of benzene rings is 1. The zero-order valence-electron chi connectivity index (χ0n) is 15.2. The summed E-state index contributed by atoms with van der Waals surface area (Å²) in [4.78, 5) is 16.3. The van der Waals surface area contributed by atoms with Crippen LogP contribution in [0.15, 0.2) is 69.4 Å². The molecule has 0 spiro atoms. The van der Waals surface area contributed by atoms with Crippen molar-refractivity contribution in [1.29, 1.82) is 0 Å². The zero-order valence-corrected chi connectivity index (χ0v) is 19.2. The van der Waals surface area contributed by atoms with Gasteiger partial charge in [-0.15, -0.1) is 16.8 Å². The van der Waals surface area contributed by atoms with E-state index in [0.717, 1.165) is 14.7 Å². The van der Waals surface area contributed by atoms with Crippen LogP contribution >= 0.6 is 43.6 Å². The lowest BCUT2D eigenvalue weighted by Crippen LogP contribution is -2.15. The highest BCUT2D eigenvalue weighted by Gasteiger charge is 2.14. The van der Waals surface area contributed by atoms with Gasteiger partial charge >= 0.3 is 0 Å². The Morgan fingerprint density at radius 1 is 1.17 bits per heavy atom. The minimum atomic E-state index is -0.175. The van der Waals surface area contributed by atoms with Crippen molar-refractivity contribution >= 4 is 55.3 Å². The molecule has 1 aromatic carbocycles. The van der Waals surface area contributed by atoms with Gasteiger partial charge in [0.05, 0.1) is 5.75 Å². The largest absolute Gasteiger partial charge is 0.486 e. The number of hydrogen-bond donors (Lipinski definition) is 1. The van der Waals surface area contributed by atoms with Crippen LogP contribution in [0.1, 0.15) is 5.82 Å². The Bertz CT molecular complexity index is 977. The summed E-state index contributed by atoms with van der Waals surface area (Å²) in [5, 5.41) is 11.8. The van der Waals surface area contributed by atoms with Crippen LogP contribution in [0, 0.1) is 0 Å². The van der Waals surface area contributed by atoms with Crippen molar-refractivity contribution < 1.29 is 9.53 Å². The molecule has 3 rings (SSSR count). The zero-order chi connectivity index (χ0) is 20.6. The van der Waals surface area contributed by atoms with Gasteiger partial charge in [0, 0.05) is 21.7 Å². The summed E-state index contributed by atoms with van der Waals surface area (Å²) in [6.07, 6.45) is 3.38. The molecule has 0 unspecified atom stereocenters. The van der Waals surface area contributed by atoms with Gasteiger partial charge in [0.2, 0.25) is 5.91 Å². The highest BCUT2D eigenvalue weighted by molar-refractivity contribution is 9.10. The van der Waals surface area contributed by atoms with Crippen LogP contribution in [0.5, 0.6) is 5.75 Å². The number of pyridine rings is 1. The lowest BCUT2D eigenvalue weighted by atomic mass is 10.3. The predicted molar refractivity (Wildman–Crippen MR) is 120 cm³/mol. The van der Waals surface area contributed by atoms with E-state index in [1.807, 2.05) is 34.9 Å². The topological polar surface area (TPSA) is 81.9 Å². The first kappa shape index (κ1) is 21.5. The fourth-order valence-electron chi connectivity index (χ4n) is 2.28. The maximum atomic E-state index is 12.2. The standard InChI is InChI=1S/C19H17Br2N5O2S/c1-2-9-26-17(11-28-15-6-3-13(20)4-7-15)24-25-19(26)29-12-18(27)23-16-8-5-14(21)10-22-16/h2-8,10H,1,9,11-12H2,(H,22,23,27). The number of allylic oxidation sites excluding steroid dienone is 1. The number of hydrogen-bond acceptors (Lipinski definition) is 6. The number of aromatic nitrogens is 4. The Hall–Kier alpha value is -2.17. The maximum Gasteiger partial charge on any atom is 0.236 e. The average Bonchev–Trinajstić information content (AvgIpc) is 3.10. The minimum Gasteiger partial charge on any atom is -0.486 e. The van der Waals surface area contributed by atoms with E-state index in [1.54, 1.807) is 18.3 Å². The van der Waals surface area contributed by atoms with E-state index in [0.29, 0.717) is 23.3 Å². The Labute approximate surface area is 189 Å². The SMILES string of the molecule is C=CCn1c(COc2ccc(Br)cc2)nnc1SCC(=O)Nc1ccc(Br)cn1. The Morgan fingerprint density at radius 3 is 2.62 bits per heavy atom. The molecule has 7 nitrogen and oxygen atoms in total. The molecule has 0 atom stereocenters. The number of thioether (sulfide) groups is 1. The highest BCUT2D eigenvalue weighted by atomic mass is 79.9. The Morgan fingerprint density at radius 2 is 1.93 bits per heavy atom. The summed E-state index contributed by atoms with van der Waals surface area (Å²) in [6, 6.07) is 11.1. The van der Waals surface area contributed by atoms with E-state index in [1.165, 1.54) is 11.8 Å². The number of halogens is 2. The fourth-order valence-corrected chi connectivity index (χ4v) is 3.55. The molecule has 1 N–H and O–H groups in total. The molecule has 0 saturated carbocycles. The van der Waals surface area contributed by atoms with Gasteiger partial charge < -0.3 is 10.1 Å². The molecule has 0 aliphatic rings. The van der Waals surface area contributed by atoms with E-state index in [-0.39, 0.29) is 18.3 Å². The minimum absolute atomic E-state index is 0.175. The van der Waals surface area contributed by atoms with Gasteiger partial charge in [-0.05, 0) is 52.3 Å². The second-order valence-corrected chi connectivity index (χ2v) is 8.51. The van der Waals surface area contributed by atoms with Crippen LogP contribution in [0.4, 0.5) is 5.82 Å². The normalized spacial score (nSPS) is 10.6. The summed E-state index contributed by atoms with van der Waals surface area (Å²) in [6.45, 7) is 4.56. The molecular formula is C19H17Br2N5O2S. The number of nitrogens with zero attached hydrogens (tertiary/aromatic N) is 4. The summed E-state index contributed by atoms with van der Waals surface area (Å²) < 4.78 is 9.49. The Kier molecular flexibility index (Phi) is 7.84. The van der Waals surface area contributed by atoms with Gasteiger partial charge in [0.25, 0.3) is 0 Å². The summed E-state index contributed by atoms with van der Waals surface area (Å²) >= 11 is 8.00. The molecule has 3 aromatic rings. The van der Waals surface area contributed by atoms with E-state index in [4.69, 9.17) is 4.74 Å². The summed E-state index contributed by atoms with van der Waals surface area (Å²) in [7, 11) is 0. The number of carbonyl (C=O) groups is 1. The van der Waals surface area contributed by atoms with Crippen molar-refractivity contribution in [2.45, 2.75) is 18.3 Å². The van der Waals surface area contributed by atoms with E-state index in [9.17, 15) is 4.79 Å². The van der Waals surface area contributed by atoms with Crippen LogP contribution in [-0.2, 0) is 17.9 Å². The van der Waals surface area contributed by atoms with Crippen LogP contribution < -0.4 is 10.1 Å². The molecule has 10 heteroatoms. The molecule has 0 aliphatic heterocycles. The van der Waals surface area contributed by atoms with Crippen molar-refractivity contribution in [1.82, 2.24) is 19.7 Å². The van der Waals surface area contributed by atoms with Crippen molar-refractivity contribution in [3.05, 3.63) is 70.0 Å². The van der Waals surface area contributed by atoms with Crippen LogP contribution in [-0.4, -0.2) is 31.4 Å². The van der Waals surface area contributed by atoms with Crippen molar-refractivity contribution in [3.8, 4) is 5.75 Å². The number of anilines is 1. The van der Waals surface area contributed by atoms with Crippen molar-refractivity contribution in [2.24, 2.45) is 0 Å². The van der Waals surface area contributed by atoms with E-state index in [2.05, 4.69) is 58.9 Å². The van der Waals surface area contributed by atoms with Gasteiger partial charge in [-0.1, -0.05) is 33.8 Å². The first-order chi connectivity index (χ1) is 14.0. The van der Waals surface area contributed by atoms with Gasteiger partial charge in [0.15, 0.2) is 11.0 Å². The second-order valence-electron chi connectivity index (χ2n) is 5.74. The Balaban J connectivity index is 1.59. The van der Waals surface area contributed by atoms with Gasteiger partial charge in [-0.25, -0.2) is 4.98 Å². The quantitative estimate of drug-likeness (QED) is 0.314. The van der Waals surface area contributed by atoms with Crippen LogP contribution in [0.25, 0.3) is 0 Å². The second kappa shape index (κ2) is 10.6. The van der Waals surface area contributed by atoms with Crippen LogP contribution in [0.2, 0.25) is 0 Å². The van der Waals surface area contributed by atoms with Gasteiger partial charge in [-0.2, -0.15) is 0 Å². The van der Waals surface area contributed by atoms with E-state index < -0.39 is 0 Å². The number of ether oxygens (including phenoxy) is 1. The molecular weight excluding hydrogens is 522 g/mol. The molecule has 0 bridgehead atoms. The fraction of sp³-hybridized carbons (Fsp3) is 0.158. The lowest BCUT2D eigenvalue weighted by molar-refractivity contribution is -0.113. The summed E-state index contributed by atoms with van der Waals surface area (Å²) in [5.74, 6) is 1.89. The first-order valence-corrected chi connectivity index (χ1v) is 11.1. The number of nitrogens with one attached hydrogen (secondary N) is 1. The molecule has 0 aliphatic carbocycles. The number of rotatable bonds is 9. The van der Waals surface area contributed by atoms with Crippen molar-refractivity contribution in [2.75, 3.05) is 11.1 Å². The molecule has 1 amide bonds.